The Morgan fingerprint density at radius 1 is 0.952 bits per heavy atom. The van der Waals surface area contributed by atoms with E-state index in [1.807, 2.05) is 59.5 Å². The first-order valence-corrected chi connectivity index (χ1v) is 15.6. The monoisotopic (exact) mass is 596 g/mol. The molecule has 5 rings (SSSR count). The molecule has 2 aromatic rings. The molecule has 226 valence electrons. The van der Waals surface area contributed by atoms with E-state index in [0.29, 0.717) is 49.4 Å². The van der Waals surface area contributed by atoms with Crippen LogP contribution in [0.25, 0.3) is 0 Å². The van der Waals surface area contributed by atoms with Crippen LogP contribution in [0, 0.1) is 5.92 Å². The molecule has 42 heavy (non-hydrogen) atoms. The van der Waals surface area contributed by atoms with E-state index in [4.69, 9.17) is 30.9 Å². The van der Waals surface area contributed by atoms with Gasteiger partial charge in [-0.05, 0) is 63.7 Å². The lowest BCUT2D eigenvalue weighted by atomic mass is 9.91. The van der Waals surface area contributed by atoms with Gasteiger partial charge in [-0.25, -0.2) is 4.79 Å². The van der Waals surface area contributed by atoms with Crippen LogP contribution in [0.2, 0.25) is 5.02 Å². The Bertz CT molecular complexity index is 1220. The molecular formula is C33H41ClN2O6. The smallest absolute Gasteiger partial charge is 0.415 e. The molecule has 0 bridgehead atoms. The van der Waals surface area contributed by atoms with Gasteiger partial charge >= 0.3 is 12.1 Å². The summed E-state index contributed by atoms with van der Waals surface area (Å²) in [7, 11) is 0. The zero-order valence-corrected chi connectivity index (χ0v) is 24.8. The lowest BCUT2D eigenvalue weighted by molar-refractivity contribution is -0.244. The summed E-state index contributed by atoms with van der Waals surface area (Å²) in [5.41, 5.74) is 1.52. The van der Waals surface area contributed by atoms with Crippen molar-refractivity contribution in [3.8, 4) is 5.75 Å². The molecule has 3 heterocycles. The largest absolute Gasteiger partial charge is 0.481 e. The number of rotatable bonds is 9. The number of halogens is 1. The van der Waals surface area contributed by atoms with Crippen LogP contribution >= 0.6 is 11.6 Å². The van der Waals surface area contributed by atoms with Gasteiger partial charge in [-0.1, -0.05) is 66.6 Å². The second-order valence-electron chi connectivity index (χ2n) is 11.4. The van der Waals surface area contributed by atoms with Crippen molar-refractivity contribution in [1.82, 2.24) is 9.80 Å². The average Bonchev–Trinajstić information content (AvgIpc) is 3.02. The van der Waals surface area contributed by atoms with E-state index in [9.17, 15) is 9.59 Å². The van der Waals surface area contributed by atoms with Gasteiger partial charge in [0.05, 0.1) is 12.7 Å². The van der Waals surface area contributed by atoms with Gasteiger partial charge in [0.1, 0.15) is 5.75 Å². The number of amides is 1. The quantitative estimate of drug-likeness (QED) is 0.312. The normalized spacial score (nSPS) is 24.1. The van der Waals surface area contributed by atoms with Crippen molar-refractivity contribution in [2.75, 3.05) is 32.8 Å². The number of carboxylic acids is 1. The summed E-state index contributed by atoms with van der Waals surface area (Å²) in [6.07, 6.45) is 9.36. The molecule has 3 aliphatic heterocycles. The maximum atomic E-state index is 13.3. The minimum absolute atomic E-state index is 0.0787. The van der Waals surface area contributed by atoms with Crippen LogP contribution in [0.4, 0.5) is 4.79 Å². The summed E-state index contributed by atoms with van der Waals surface area (Å²) in [5.74, 6) is -0.425. The Morgan fingerprint density at radius 3 is 2.40 bits per heavy atom. The van der Waals surface area contributed by atoms with Crippen molar-refractivity contribution >= 4 is 23.7 Å². The third kappa shape index (κ3) is 7.92. The fourth-order valence-corrected chi connectivity index (χ4v) is 6.41. The highest BCUT2D eigenvalue weighted by atomic mass is 35.5. The van der Waals surface area contributed by atoms with Gasteiger partial charge in [0.25, 0.3) is 0 Å². The number of nitrogens with zero attached hydrogens (tertiary/aromatic N) is 2. The molecule has 0 aliphatic carbocycles. The number of ether oxygens (including phenoxy) is 3. The van der Waals surface area contributed by atoms with E-state index >= 15 is 0 Å². The number of benzene rings is 2. The minimum Gasteiger partial charge on any atom is -0.481 e. The third-order valence-electron chi connectivity index (χ3n) is 8.50. The maximum Gasteiger partial charge on any atom is 0.415 e. The van der Waals surface area contributed by atoms with Crippen molar-refractivity contribution < 1.29 is 28.9 Å². The van der Waals surface area contributed by atoms with Crippen LogP contribution in [0.1, 0.15) is 74.9 Å². The lowest BCUT2D eigenvalue weighted by Crippen LogP contribution is -2.48. The van der Waals surface area contributed by atoms with Crippen LogP contribution in [-0.4, -0.2) is 65.8 Å². The molecule has 0 spiro atoms. The van der Waals surface area contributed by atoms with Gasteiger partial charge in [-0.3, -0.25) is 4.79 Å². The van der Waals surface area contributed by atoms with E-state index in [-0.39, 0.29) is 18.4 Å². The van der Waals surface area contributed by atoms with E-state index in [0.717, 1.165) is 24.0 Å². The van der Waals surface area contributed by atoms with Gasteiger partial charge in [0.2, 0.25) is 0 Å². The number of hydrogen-bond donors (Lipinski definition) is 1. The topological polar surface area (TPSA) is 88.5 Å². The molecule has 8 nitrogen and oxygen atoms in total. The molecule has 0 radical (unpaired) electrons. The van der Waals surface area contributed by atoms with Crippen molar-refractivity contribution in [2.24, 2.45) is 5.92 Å². The lowest BCUT2D eigenvalue weighted by Gasteiger charge is -2.40. The van der Waals surface area contributed by atoms with Crippen molar-refractivity contribution in [2.45, 2.75) is 69.8 Å². The van der Waals surface area contributed by atoms with Gasteiger partial charge < -0.3 is 29.1 Å². The number of likely N-dealkylation sites (tertiary alicyclic amines) is 2. The van der Waals surface area contributed by atoms with E-state index in [2.05, 4.69) is 4.90 Å². The van der Waals surface area contributed by atoms with Crippen LogP contribution < -0.4 is 4.74 Å². The highest BCUT2D eigenvalue weighted by Gasteiger charge is 2.36. The molecule has 2 aromatic carbocycles. The first-order valence-electron chi connectivity index (χ1n) is 15.2. The van der Waals surface area contributed by atoms with Crippen LogP contribution in [0.5, 0.6) is 5.75 Å². The molecule has 3 atom stereocenters. The fraction of sp³-hybridized carbons (Fsp3) is 0.515. The first kappa shape index (κ1) is 30.5. The van der Waals surface area contributed by atoms with E-state index in [1.165, 1.54) is 32.4 Å². The Balaban J connectivity index is 1.29. The number of para-hydroxylation sites is 1. The maximum absolute atomic E-state index is 13.3. The molecule has 3 aliphatic rings. The summed E-state index contributed by atoms with van der Waals surface area (Å²) in [4.78, 5) is 28.7. The van der Waals surface area contributed by atoms with E-state index < -0.39 is 18.4 Å². The number of carbonyl (C=O) groups excluding carboxylic acids is 1. The molecule has 9 heteroatoms. The molecule has 1 N–H and O–H groups in total. The minimum atomic E-state index is -0.823. The standard InChI is InChI=1S/C33H41ClN2O6/c34-28-14-7-5-12-26(28)32-40-23-24(11-3-1-4-16-30(37)38)31(42-32)27-13-6-8-15-29(27)41-33(39)36-21-17-25(18-22-36)35-19-9-2-10-20-35/h1,3,5-8,12-15,24-25,31-32H,2,4,9-11,16-23H2,(H,37,38)/b3-1-/t24-,31+,32+/m1/s1. The highest BCUT2D eigenvalue weighted by Crippen LogP contribution is 2.44. The first-order chi connectivity index (χ1) is 20.5. The molecule has 1 amide bonds. The number of aliphatic carboxylic acids is 1. The zero-order valence-electron chi connectivity index (χ0n) is 24.0. The predicted molar refractivity (Wildman–Crippen MR) is 161 cm³/mol. The summed E-state index contributed by atoms with van der Waals surface area (Å²) in [6.45, 7) is 4.11. The number of piperidine rings is 2. The molecule has 0 unspecified atom stereocenters. The predicted octanol–water partition coefficient (Wildman–Crippen LogP) is 7.00. The SMILES string of the molecule is O=C(O)CC/C=C\C[C@@H]1CO[C@H](c2ccccc2Cl)O[C@@H]1c1ccccc1OC(=O)N1CCC(N2CCCCC2)CC1. The Hall–Kier alpha value is -2.91. The Morgan fingerprint density at radius 2 is 1.67 bits per heavy atom. The Labute approximate surface area is 253 Å². The zero-order chi connectivity index (χ0) is 29.3. The number of allylic oxidation sites excluding steroid dienone is 2. The molecule has 3 fully saturated rings. The summed E-state index contributed by atoms with van der Waals surface area (Å²) < 4.78 is 18.7. The average molecular weight is 597 g/mol. The second-order valence-corrected chi connectivity index (χ2v) is 11.8. The summed E-state index contributed by atoms with van der Waals surface area (Å²) >= 11 is 6.48. The second kappa shape index (κ2) is 15.0. The molecule has 0 saturated carbocycles. The van der Waals surface area contributed by atoms with Gasteiger partial charge in [0.15, 0.2) is 6.29 Å². The van der Waals surface area contributed by atoms with Crippen LogP contribution in [0.3, 0.4) is 0 Å². The number of carbonyl (C=O) groups is 2. The fourth-order valence-electron chi connectivity index (χ4n) is 6.19. The summed E-state index contributed by atoms with van der Waals surface area (Å²) in [5, 5.41) is 9.51. The third-order valence-corrected chi connectivity index (χ3v) is 8.85. The van der Waals surface area contributed by atoms with Crippen LogP contribution in [0.15, 0.2) is 60.7 Å². The number of carboxylic acid groups (broad SMARTS) is 1. The molecule has 3 saturated heterocycles. The van der Waals surface area contributed by atoms with Gasteiger partial charge in [-0.2, -0.15) is 0 Å². The van der Waals surface area contributed by atoms with Gasteiger partial charge in [0, 0.05) is 47.6 Å². The molecular weight excluding hydrogens is 556 g/mol. The van der Waals surface area contributed by atoms with Gasteiger partial charge in [-0.15, -0.1) is 0 Å². The highest BCUT2D eigenvalue weighted by molar-refractivity contribution is 6.31. The van der Waals surface area contributed by atoms with Crippen molar-refractivity contribution in [1.29, 1.82) is 0 Å². The van der Waals surface area contributed by atoms with Crippen molar-refractivity contribution in [3.05, 3.63) is 76.8 Å². The Kier molecular flexibility index (Phi) is 10.9. The number of hydrogen-bond acceptors (Lipinski definition) is 6. The van der Waals surface area contributed by atoms with Crippen molar-refractivity contribution in [3.63, 3.8) is 0 Å². The molecule has 0 aromatic heterocycles. The van der Waals surface area contributed by atoms with Crippen LogP contribution in [-0.2, 0) is 14.3 Å². The van der Waals surface area contributed by atoms with E-state index in [1.54, 1.807) is 6.07 Å². The summed E-state index contributed by atoms with van der Waals surface area (Å²) in [6, 6.07) is 15.5.